The molecule has 3 rings (SSSR count). The summed E-state index contributed by atoms with van der Waals surface area (Å²) in [5, 5.41) is 2.96. The number of nitrogens with zero attached hydrogens (tertiary/aromatic N) is 2. The van der Waals surface area contributed by atoms with E-state index in [2.05, 4.69) is 48.3 Å². The minimum Gasteiger partial charge on any atom is -0.368 e. The number of benzene rings is 2. The van der Waals surface area contributed by atoms with Crippen LogP contribution in [0.15, 0.2) is 54.6 Å². The summed E-state index contributed by atoms with van der Waals surface area (Å²) in [5.41, 5.74) is 3.52. The Morgan fingerprint density at radius 3 is 2.21 bits per heavy atom. The van der Waals surface area contributed by atoms with Crippen molar-refractivity contribution in [3.8, 4) is 0 Å². The van der Waals surface area contributed by atoms with Crippen molar-refractivity contribution in [2.45, 2.75) is 19.8 Å². The van der Waals surface area contributed by atoms with Gasteiger partial charge in [0.05, 0.1) is 0 Å². The quantitative estimate of drug-likeness (QED) is 0.920. The minimum absolute atomic E-state index is 0.0157. The van der Waals surface area contributed by atoms with Crippen molar-refractivity contribution in [1.82, 2.24) is 4.90 Å². The molecule has 2 aromatic rings. The highest BCUT2D eigenvalue weighted by Crippen LogP contribution is 2.28. The van der Waals surface area contributed by atoms with E-state index < -0.39 is 0 Å². The molecule has 0 aliphatic carbocycles. The van der Waals surface area contributed by atoms with E-state index in [1.54, 1.807) is 0 Å². The fourth-order valence-electron chi connectivity index (χ4n) is 3.14. The van der Waals surface area contributed by atoms with Gasteiger partial charge in [0.25, 0.3) is 0 Å². The number of para-hydroxylation sites is 2. The summed E-state index contributed by atoms with van der Waals surface area (Å²) in [7, 11) is 0. The molecule has 0 radical (unpaired) electrons. The first kappa shape index (κ1) is 16.4. The van der Waals surface area contributed by atoms with E-state index in [9.17, 15) is 4.79 Å². The van der Waals surface area contributed by atoms with Crippen molar-refractivity contribution >= 4 is 17.4 Å². The van der Waals surface area contributed by atoms with Crippen molar-refractivity contribution < 1.29 is 4.79 Å². The summed E-state index contributed by atoms with van der Waals surface area (Å²) in [4.78, 5) is 16.7. The molecule has 1 saturated heterocycles. The second-order valence-corrected chi connectivity index (χ2v) is 6.48. The standard InChI is InChI=1S/C20H25N3O/c1-16(2)18-10-6-7-11-19(18)22-12-14-23(15-13-22)20(24)21-17-8-4-3-5-9-17/h3-11,16H,12-15H2,1-2H3,(H,21,24). The molecule has 1 N–H and O–H groups in total. The Morgan fingerprint density at radius 2 is 1.54 bits per heavy atom. The van der Waals surface area contributed by atoms with Gasteiger partial charge in [-0.05, 0) is 29.7 Å². The topological polar surface area (TPSA) is 35.6 Å². The van der Waals surface area contributed by atoms with Crippen molar-refractivity contribution in [1.29, 1.82) is 0 Å². The summed E-state index contributed by atoms with van der Waals surface area (Å²) in [6.45, 7) is 7.67. The van der Waals surface area contributed by atoms with Gasteiger partial charge in [-0.2, -0.15) is 0 Å². The molecule has 0 atom stereocenters. The van der Waals surface area contributed by atoms with Crippen molar-refractivity contribution in [3.05, 3.63) is 60.2 Å². The Bertz CT molecular complexity index is 676. The Kier molecular flexibility index (Phi) is 5.04. The Labute approximate surface area is 144 Å². The van der Waals surface area contributed by atoms with Gasteiger partial charge in [0, 0.05) is 37.6 Å². The van der Waals surface area contributed by atoms with Crippen LogP contribution in [0, 0.1) is 0 Å². The van der Waals surface area contributed by atoms with Crippen LogP contribution in [0.5, 0.6) is 0 Å². The highest BCUT2D eigenvalue weighted by atomic mass is 16.2. The van der Waals surface area contributed by atoms with E-state index in [0.717, 1.165) is 31.9 Å². The maximum absolute atomic E-state index is 12.4. The molecule has 0 bridgehead atoms. The molecular weight excluding hydrogens is 298 g/mol. The molecule has 0 aromatic heterocycles. The van der Waals surface area contributed by atoms with E-state index in [0.29, 0.717) is 5.92 Å². The lowest BCUT2D eigenvalue weighted by Gasteiger charge is -2.37. The van der Waals surface area contributed by atoms with Crippen LogP contribution in [0.1, 0.15) is 25.3 Å². The third kappa shape index (κ3) is 3.70. The van der Waals surface area contributed by atoms with E-state index in [1.807, 2.05) is 35.2 Å². The molecule has 0 saturated carbocycles. The van der Waals surface area contributed by atoms with Gasteiger partial charge in [-0.15, -0.1) is 0 Å². The number of anilines is 2. The average molecular weight is 323 g/mol. The van der Waals surface area contributed by atoms with Gasteiger partial charge in [-0.1, -0.05) is 50.2 Å². The molecule has 24 heavy (non-hydrogen) atoms. The molecule has 126 valence electrons. The number of carbonyl (C=O) groups is 1. The smallest absolute Gasteiger partial charge is 0.321 e. The van der Waals surface area contributed by atoms with Crippen LogP contribution in [0.4, 0.5) is 16.2 Å². The Morgan fingerprint density at radius 1 is 0.917 bits per heavy atom. The first-order valence-corrected chi connectivity index (χ1v) is 8.60. The van der Waals surface area contributed by atoms with Gasteiger partial charge in [-0.25, -0.2) is 4.79 Å². The largest absolute Gasteiger partial charge is 0.368 e. The highest BCUT2D eigenvalue weighted by molar-refractivity contribution is 5.89. The molecule has 0 spiro atoms. The van der Waals surface area contributed by atoms with Crippen molar-refractivity contribution in [2.24, 2.45) is 0 Å². The summed E-state index contributed by atoms with van der Waals surface area (Å²) in [6.07, 6.45) is 0. The molecule has 4 heteroatoms. The van der Waals surface area contributed by atoms with Gasteiger partial charge in [0.15, 0.2) is 0 Å². The van der Waals surface area contributed by atoms with E-state index in [4.69, 9.17) is 0 Å². The molecule has 1 fully saturated rings. The predicted molar refractivity (Wildman–Crippen MR) is 99.8 cm³/mol. The summed E-state index contributed by atoms with van der Waals surface area (Å²) in [6, 6.07) is 18.2. The molecule has 2 amide bonds. The van der Waals surface area contributed by atoms with Crippen molar-refractivity contribution in [2.75, 3.05) is 36.4 Å². The summed E-state index contributed by atoms with van der Waals surface area (Å²) >= 11 is 0. The number of hydrogen-bond donors (Lipinski definition) is 1. The first-order valence-electron chi connectivity index (χ1n) is 8.60. The maximum atomic E-state index is 12.4. The lowest BCUT2D eigenvalue weighted by Crippen LogP contribution is -2.50. The van der Waals surface area contributed by atoms with Gasteiger partial charge >= 0.3 is 6.03 Å². The second kappa shape index (κ2) is 7.39. The van der Waals surface area contributed by atoms with Gasteiger partial charge < -0.3 is 15.1 Å². The molecule has 2 aromatic carbocycles. The van der Waals surface area contributed by atoms with Crippen LogP contribution in [-0.2, 0) is 0 Å². The molecule has 1 aliphatic heterocycles. The minimum atomic E-state index is -0.0157. The molecule has 1 heterocycles. The number of rotatable bonds is 3. The number of carbonyl (C=O) groups excluding carboxylic acids is 1. The maximum Gasteiger partial charge on any atom is 0.321 e. The summed E-state index contributed by atoms with van der Waals surface area (Å²) in [5.74, 6) is 0.501. The van der Waals surface area contributed by atoms with E-state index in [-0.39, 0.29) is 6.03 Å². The van der Waals surface area contributed by atoms with Gasteiger partial charge in [0.2, 0.25) is 0 Å². The Balaban J connectivity index is 1.61. The van der Waals surface area contributed by atoms with Crippen LogP contribution in [0.25, 0.3) is 0 Å². The molecular formula is C20H25N3O. The predicted octanol–water partition coefficient (Wildman–Crippen LogP) is 4.16. The number of nitrogens with one attached hydrogen (secondary N) is 1. The fraction of sp³-hybridized carbons (Fsp3) is 0.350. The zero-order valence-corrected chi connectivity index (χ0v) is 14.4. The van der Waals surface area contributed by atoms with Crippen LogP contribution in [0.3, 0.4) is 0 Å². The number of urea groups is 1. The first-order chi connectivity index (χ1) is 11.6. The van der Waals surface area contributed by atoms with Crippen LogP contribution in [0.2, 0.25) is 0 Å². The van der Waals surface area contributed by atoms with Crippen LogP contribution < -0.4 is 10.2 Å². The summed E-state index contributed by atoms with van der Waals surface area (Å²) < 4.78 is 0. The SMILES string of the molecule is CC(C)c1ccccc1N1CCN(C(=O)Nc2ccccc2)CC1. The van der Waals surface area contributed by atoms with Gasteiger partial charge in [-0.3, -0.25) is 0 Å². The van der Waals surface area contributed by atoms with Gasteiger partial charge in [0.1, 0.15) is 0 Å². The number of amides is 2. The molecule has 0 unspecified atom stereocenters. The third-order valence-electron chi connectivity index (χ3n) is 4.49. The monoisotopic (exact) mass is 323 g/mol. The van der Waals surface area contributed by atoms with E-state index >= 15 is 0 Å². The lowest BCUT2D eigenvalue weighted by molar-refractivity contribution is 0.208. The lowest BCUT2D eigenvalue weighted by atomic mass is 10.00. The Hall–Kier alpha value is -2.49. The highest BCUT2D eigenvalue weighted by Gasteiger charge is 2.22. The van der Waals surface area contributed by atoms with Crippen LogP contribution >= 0.6 is 0 Å². The zero-order chi connectivity index (χ0) is 16.9. The fourth-order valence-corrected chi connectivity index (χ4v) is 3.14. The number of piperazine rings is 1. The van der Waals surface area contributed by atoms with Crippen LogP contribution in [-0.4, -0.2) is 37.1 Å². The average Bonchev–Trinajstić information content (AvgIpc) is 2.62. The molecule has 4 nitrogen and oxygen atoms in total. The second-order valence-electron chi connectivity index (χ2n) is 6.48. The molecule has 1 aliphatic rings. The third-order valence-corrected chi connectivity index (χ3v) is 4.49. The normalized spacial score (nSPS) is 14.8. The van der Waals surface area contributed by atoms with Crippen molar-refractivity contribution in [3.63, 3.8) is 0 Å². The van der Waals surface area contributed by atoms with E-state index in [1.165, 1.54) is 11.3 Å². The number of hydrogen-bond acceptors (Lipinski definition) is 2. The zero-order valence-electron chi connectivity index (χ0n) is 14.4.